The van der Waals surface area contributed by atoms with E-state index in [-0.39, 0.29) is 0 Å². The van der Waals surface area contributed by atoms with Crippen molar-refractivity contribution in [2.45, 2.75) is 37.5 Å². The van der Waals surface area contributed by atoms with Crippen LogP contribution in [0.3, 0.4) is 0 Å². The molecule has 1 aromatic rings. The second-order valence-corrected chi connectivity index (χ2v) is 4.74. The van der Waals surface area contributed by atoms with E-state index in [0.29, 0.717) is 5.41 Å². The van der Waals surface area contributed by atoms with Gasteiger partial charge in [0.05, 0.1) is 0 Å². The molecule has 3 rings (SSSR count). The van der Waals surface area contributed by atoms with Crippen LogP contribution in [0.5, 0.6) is 0 Å². The van der Waals surface area contributed by atoms with Gasteiger partial charge in [0.15, 0.2) is 0 Å². The van der Waals surface area contributed by atoms with Gasteiger partial charge in [-0.2, -0.15) is 0 Å². The zero-order valence-electron chi connectivity index (χ0n) is 9.00. The Morgan fingerprint density at radius 1 is 1.00 bits per heavy atom. The molecule has 2 aliphatic rings. The molecule has 0 atom stereocenters. The molecular weight excluding hydrogens is 182 g/mol. The van der Waals surface area contributed by atoms with Gasteiger partial charge >= 0.3 is 0 Å². The van der Waals surface area contributed by atoms with Crippen molar-refractivity contribution in [1.82, 2.24) is 0 Å². The lowest BCUT2D eigenvalue weighted by Gasteiger charge is -2.38. The number of allylic oxidation sites excluding steroid dienone is 1. The highest BCUT2D eigenvalue weighted by Crippen LogP contribution is 2.45. The summed E-state index contributed by atoms with van der Waals surface area (Å²) in [5.41, 5.74) is 3.16. The molecule has 0 radical (unpaired) electrons. The highest BCUT2D eigenvalue weighted by atomic mass is 14.9. The summed E-state index contributed by atoms with van der Waals surface area (Å²) in [6.45, 7) is 0. The number of fused-ring (bicyclic) bond motifs is 2. The number of anilines is 1. The first-order valence-electron chi connectivity index (χ1n) is 5.95. The fourth-order valence-corrected chi connectivity index (χ4v) is 3.04. The summed E-state index contributed by atoms with van der Waals surface area (Å²) in [4.78, 5) is 0. The van der Waals surface area contributed by atoms with Crippen molar-refractivity contribution >= 4 is 5.69 Å². The molecular formula is C14H17N. The Balaban J connectivity index is 2.08. The van der Waals surface area contributed by atoms with E-state index in [2.05, 4.69) is 41.9 Å². The topological polar surface area (TPSA) is 12.0 Å². The fraction of sp³-hybridized carbons (Fsp3) is 0.429. The van der Waals surface area contributed by atoms with Crippen molar-refractivity contribution < 1.29 is 0 Å². The monoisotopic (exact) mass is 199 g/mol. The minimum absolute atomic E-state index is 0.347. The molecule has 0 bridgehead atoms. The SMILES string of the molecule is C1=CC2(CCCCC2)c2ccccc2N1. The normalized spacial score (nSPS) is 22.1. The van der Waals surface area contributed by atoms with Crippen molar-refractivity contribution in [3.63, 3.8) is 0 Å². The lowest BCUT2D eigenvalue weighted by molar-refractivity contribution is 0.356. The van der Waals surface area contributed by atoms with Crippen LogP contribution in [0.15, 0.2) is 36.5 Å². The molecule has 1 aromatic carbocycles. The summed E-state index contributed by atoms with van der Waals surface area (Å²) in [6.07, 6.45) is 11.3. The van der Waals surface area contributed by atoms with Crippen LogP contribution in [-0.2, 0) is 5.41 Å². The number of hydrogen-bond acceptors (Lipinski definition) is 1. The molecule has 0 saturated heterocycles. The average Bonchev–Trinajstić information content (AvgIpc) is 2.31. The average molecular weight is 199 g/mol. The highest BCUT2D eigenvalue weighted by Gasteiger charge is 2.34. The number of nitrogens with one attached hydrogen (secondary N) is 1. The number of para-hydroxylation sites is 1. The molecule has 0 aromatic heterocycles. The summed E-state index contributed by atoms with van der Waals surface area (Å²) < 4.78 is 0. The van der Waals surface area contributed by atoms with Crippen LogP contribution in [0.4, 0.5) is 5.69 Å². The van der Waals surface area contributed by atoms with Crippen LogP contribution >= 0.6 is 0 Å². The maximum absolute atomic E-state index is 3.35. The third kappa shape index (κ3) is 1.38. The van der Waals surface area contributed by atoms with E-state index in [4.69, 9.17) is 0 Å². The molecule has 1 aliphatic carbocycles. The van der Waals surface area contributed by atoms with Crippen molar-refractivity contribution in [3.8, 4) is 0 Å². The van der Waals surface area contributed by atoms with E-state index in [0.717, 1.165) is 0 Å². The Morgan fingerprint density at radius 2 is 1.80 bits per heavy atom. The molecule has 1 aliphatic heterocycles. The summed E-state index contributed by atoms with van der Waals surface area (Å²) >= 11 is 0. The van der Waals surface area contributed by atoms with Crippen LogP contribution in [-0.4, -0.2) is 0 Å². The molecule has 1 spiro atoms. The third-order valence-electron chi connectivity index (χ3n) is 3.85. The first kappa shape index (κ1) is 9.02. The predicted molar refractivity (Wildman–Crippen MR) is 64.0 cm³/mol. The maximum Gasteiger partial charge on any atom is 0.0421 e. The molecule has 1 nitrogen and oxygen atoms in total. The zero-order valence-corrected chi connectivity index (χ0v) is 9.00. The van der Waals surface area contributed by atoms with Gasteiger partial charge in [0.2, 0.25) is 0 Å². The Labute approximate surface area is 91.2 Å². The van der Waals surface area contributed by atoms with Crippen molar-refractivity contribution in [1.29, 1.82) is 0 Å². The van der Waals surface area contributed by atoms with Gasteiger partial charge in [-0.1, -0.05) is 43.5 Å². The van der Waals surface area contributed by atoms with Crippen LogP contribution in [0.2, 0.25) is 0 Å². The number of hydrogen-bond donors (Lipinski definition) is 1. The lowest BCUT2D eigenvalue weighted by atomic mass is 9.68. The molecule has 1 fully saturated rings. The van der Waals surface area contributed by atoms with E-state index in [1.165, 1.54) is 43.4 Å². The van der Waals surface area contributed by atoms with Gasteiger partial charge in [0.25, 0.3) is 0 Å². The van der Waals surface area contributed by atoms with E-state index < -0.39 is 0 Å². The van der Waals surface area contributed by atoms with Gasteiger partial charge in [-0.15, -0.1) is 0 Å². The quantitative estimate of drug-likeness (QED) is 0.669. The first-order valence-corrected chi connectivity index (χ1v) is 5.95. The van der Waals surface area contributed by atoms with Gasteiger partial charge in [0, 0.05) is 11.1 Å². The van der Waals surface area contributed by atoms with Crippen LogP contribution in [0.25, 0.3) is 0 Å². The molecule has 1 heterocycles. The van der Waals surface area contributed by atoms with Gasteiger partial charge < -0.3 is 5.32 Å². The molecule has 1 saturated carbocycles. The maximum atomic E-state index is 3.35. The molecule has 0 unspecified atom stereocenters. The van der Waals surface area contributed by atoms with Crippen LogP contribution < -0.4 is 5.32 Å². The Hall–Kier alpha value is -1.24. The van der Waals surface area contributed by atoms with Gasteiger partial charge in [0.1, 0.15) is 0 Å². The van der Waals surface area contributed by atoms with Crippen molar-refractivity contribution in [2.75, 3.05) is 5.32 Å². The van der Waals surface area contributed by atoms with E-state index in [1.54, 1.807) is 0 Å². The summed E-state index contributed by atoms with van der Waals surface area (Å²) in [6, 6.07) is 8.75. The smallest absolute Gasteiger partial charge is 0.0421 e. The molecule has 1 N–H and O–H groups in total. The summed E-state index contributed by atoms with van der Waals surface area (Å²) in [5.74, 6) is 0. The van der Waals surface area contributed by atoms with Crippen molar-refractivity contribution in [3.05, 3.63) is 42.1 Å². The second-order valence-electron chi connectivity index (χ2n) is 4.74. The number of benzene rings is 1. The molecule has 1 heteroatoms. The van der Waals surface area contributed by atoms with Crippen LogP contribution in [0, 0.1) is 0 Å². The highest BCUT2D eigenvalue weighted by molar-refractivity contribution is 5.60. The largest absolute Gasteiger partial charge is 0.362 e. The van der Waals surface area contributed by atoms with E-state index >= 15 is 0 Å². The van der Waals surface area contributed by atoms with E-state index in [9.17, 15) is 0 Å². The first-order chi connectivity index (χ1) is 7.41. The van der Waals surface area contributed by atoms with Crippen LogP contribution in [0.1, 0.15) is 37.7 Å². The molecule has 0 amide bonds. The Kier molecular flexibility index (Phi) is 2.05. The third-order valence-corrected chi connectivity index (χ3v) is 3.85. The van der Waals surface area contributed by atoms with E-state index in [1.807, 2.05) is 0 Å². The number of rotatable bonds is 0. The van der Waals surface area contributed by atoms with Gasteiger partial charge in [-0.05, 0) is 30.7 Å². The standard InChI is InChI=1S/C14H17N/c1-4-8-14(9-5-1)10-11-15-13-7-3-2-6-12(13)14/h2-3,6-7,10-11,15H,1,4-5,8-9H2. The lowest BCUT2D eigenvalue weighted by Crippen LogP contribution is -2.29. The predicted octanol–water partition coefficient (Wildman–Crippen LogP) is 3.83. The summed E-state index contributed by atoms with van der Waals surface area (Å²) in [7, 11) is 0. The van der Waals surface area contributed by atoms with Crippen molar-refractivity contribution in [2.24, 2.45) is 0 Å². The molecule has 78 valence electrons. The Bertz CT molecular complexity index is 386. The second kappa shape index (κ2) is 3.41. The fourth-order valence-electron chi connectivity index (χ4n) is 3.04. The minimum Gasteiger partial charge on any atom is -0.362 e. The van der Waals surface area contributed by atoms with Gasteiger partial charge in [-0.25, -0.2) is 0 Å². The Morgan fingerprint density at radius 3 is 2.67 bits per heavy atom. The minimum atomic E-state index is 0.347. The van der Waals surface area contributed by atoms with Gasteiger partial charge in [-0.3, -0.25) is 0 Å². The zero-order chi connectivity index (χ0) is 10.1. The summed E-state index contributed by atoms with van der Waals surface area (Å²) in [5, 5.41) is 3.35. The molecule has 15 heavy (non-hydrogen) atoms.